The molecule has 1 amide bonds. The molecule has 2 aromatic carbocycles. The van der Waals surface area contributed by atoms with Crippen LogP contribution >= 0.6 is 0 Å². The van der Waals surface area contributed by atoms with Crippen LogP contribution in [0.25, 0.3) is 0 Å². The Hall–Kier alpha value is -2.73. The Kier molecular flexibility index (Phi) is 5.67. The predicted molar refractivity (Wildman–Crippen MR) is 106 cm³/mol. The van der Waals surface area contributed by atoms with Crippen molar-refractivity contribution in [1.29, 1.82) is 0 Å². The molecule has 0 atom stereocenters. The summed E-state index contributed by atoms with van der Waals surface area (Å²) >= 11 is 0. The number of rotatable bonds is 6. The SMILES string of the molecule is CCc1cccc(OCC(=O)N2CCN(Cc3ccc4c(c3)OCO4)CC2)c1. The van der Waals surface area contributed by atoms with Gasteiger partial charge in [-0.25, -0.2) is 0 Å². The summed E-state index contributed by atoms with van der Waals surface area (Å²) in [6.45, 7) is 6.49. The smallest absolute Gasteiger partial charge is 0.260 e. The summed E-state index contributed by atoms with van der Waals surface area (Å²) in [7, 11) is 0. The van der Waals surface area contributed by atoms with Gasteiger partial charge in [0.05, 0.1) is 0 Å². The molecule has 2 aliphatic heterocycles. The summed E-state index contributed by atoms with van der Waals surface area (Å²) in [4.78, 5) is 16.7. The average molecular weight is 382 g/mol. The first-order valence-corrected chi connectivity index (χ1v) is 9.81. The molecule has 0 aliphatic carbocycles. The van der Waals surface area contributed by atoms with E-state index in [1.807, 2.05) is 35.2 Å². The van der Waals surface area contributed by atoms with Crippen molar-refractivity contribution < 1.29 is 19.0 Å². The monoisotopic (exact) mass is 382 g/mol. The summed E-state index contributed by atoms with van der Waals surface area (Å²) in [5, 5.41) is 0. The van der Waals surface area contributed by atoms with E-state index in [0.29, 0.717) is 6.79 Å². The van der Waals surface area contributed by atoms with Crippen molar-refractivity contribution in [2.75, 3.05) is 39.6 Å². The Bertz CT molecular complexity index is 831. The molecular weight excluding hydrogens is 356 g/mol. The molecule has 2 aromatic rings. The van der Waals surface area contributed by atoms with Crippen LogP contribution in [-0.2, 0) is 17.8 Å². The number of nitrogens with zero attached hydrogens (tertiary/aromatic N) is 2. The largest absolute Gasteiger partial charge is 0.484 e. The number of piperazine rings is 1. The van der Waals surface area contributed by atoms with E-state index in [9.17, 15) is 4.79 Å². The third kappa shape index (κ3) is 4.39. The number of carbonyl (C=O) groups excluding carboxylic acids is 1. The quantitative estimate of drug-likeness (QED) is 0.769. The minimum atomic E-state index is 0.0460. The van der Waals surface area contributed by atoms with Gasteiger partial charge in [-0.3, -0.25) is 9.69 Å². The minimum Gasteiger partial charge on any atom is -0.484 e. The molecule has 148 valence electrons. The van der Waals surface area contributed by atoms with E-state index in [-0.39, 0.29) is 12.5 Å². The zero-order chi connectivity index (χ0) is 19.3. The molecule has 0 saturated carbocycles. The van der Waals surface area contributed by atoms with Crippen LogP contribution in [0.15, 0.2) is 42.5 Å². The van der Waals surface area contributed by atoms with E-state index in [4.69, 9.17) is 14.2 Å². The molecule has 4 rings (SSSR count). The maximum Gasteiger partial charge on any atom is 0.260 e. The fourth-order valence-electron chi connectivity index (χ4n) is 3.54. The molecule has 0 N–H and O–H groups in total. The van der Waals surface area contributed by atoms with Gasteiger partial charge in [-0.1, -0.05) is 25.1 Å². The van der Waals surface area contributed by atoms with Gasteiger partial charge in [0, 0.05) is 32.7 Å². The van der Waals surface area contributed by atoms with Crippen molar-refractivity contribution in [3.8, 4) is 17.2 Å². The summed E-state index contributed by atoms with van der Waals surface area (Å²) in [6.07, 6.45) is 0.955. The minimum absolute atomic E-state index is 0.0460. The number of hydrogen-bond acceptors (Lipinski definition) is 5. The average Bonchev–Trinajstić information content (AvgIpc) is 3.20. The molecule has 2 heterocycles. The highest BCUT2D eigenvalue weighted by atomic mass is 16.7. The summed E-state index contributed by atoms with van der Waals surface area (Å²) in [5.41, 5.74) is 2.41. The van der Waals surface area contributed by atoms with Crippen LogP contribution in [0.2, 0.25) is 0 Å². The van der Waals surface area contributed by atoms with Gasteiger partial charge in [0.15, 0.2) is 18.1 Å². The molecule has 6 nitrogen and oxygen atoms in total. The van der Waals surface area contributed by atoms with Gasteiger partial charge in [-0.15, -0.1) is 0 Å². The fourth-order valence-corrected chi connectivity index (χ4v) is 3.54. The number of aryl methyl sites for hydroxylation is 1. The highest BCUT2D eigenvalue weighted by Crippen LogP contribution is 2.32. The van der Waals surface area contributed by atoms with Gasteiger partial charge >= 0.3 is 0 Å². The standard InChI is InChI=1S/C22H26N2O4/c1-2-17-4-3-5-19(12-17)26-15-22(25)24-10-8-23(9-11-24)14-18-6-7-20-21(13-18)28-16-27-20/h3-7,12-13H,2,8-11,14-16H2,1H3. The van der Waals surface area contributed by atoms with E-state index in [1.54, 1.807) is 0 Å². The van der Waals surface area contributed by atoms with E-state index in [2.05, 4.69) is 24.0 Å². The van der Waals surface area contributed by atoms with Crippen molar-refractivity contribution in [2.45, 2.75) is 19.9 Å². The van der Waals surface area contributed by atoms with E-state index < -0.39 is 0 Å². The molecule has 0 radical (unpaired) electrons. The Morgan fingerprint density at radius 3 is 2.64 bits per heavy atom. The molecule has 0 spiro atoms. The molecule has 0 unspecified atom stereocenters. The van der Waals surface area contributed by atoms with Gasteiger partial charge in [0.1, 0.15) is 5.75 Å². The second-order valence-corrected chi connectivity index (χ2v) is 7.13. The normalized spacial score (nSPS) is 16.2. The van der Waals surface area contributed by atoms with Crippen LogP contribution in [0.1, 0.15) is 18.1 Å². The number of hydrogen-bond donors (Lipinski definition) is 0. The van der Waals surface area contributed by atoms with Crippen molar-refractivity contribution in [3.05, 3.63) is 53.6 Å². The maximum absolute atomic E-state index is 12.5. The lowest BCUT2D eigenvalue weighted by Crippen LogP contribution is -2.49. The maximum atomic E-state index is 12.5. The van der Waals surface area contributed by atoms with Crippen LogP contribution < -0.4 is 14.2 Å². The first-order chi connectivity index (χ1) is 13.7. The third-order valence-corrected chi connectivity index (χ3v) is 5.24. The predicted octanol–water partition coefficient (Wildman–Crippen LogP) is 2.70. The fraction of sp³-hybridized carbons (Fsp3) is 0.409. The van der Waals surface area contributed by atoms with Crippen LogP contribution in [0, 0.1) is 0 Å². The summed E-state index contributed by atoms with van der Waals surface area (Å²) in [5.74, 6) is 2.43. The van der Waals surface area contributed by atoms with Crippen molar-refractivity contribution >= 4 is 5.91 Å². The first-order valence-electron chi connectivity index (χ1n) is 9.81. The molecule has 1 fully saturated rings. The highest BCUT2D eigenvalue weighted by Gasteiger charge is 2.22. The molecule has 6 heteroatoms. The lowest BCUT2D eigenvalue weighted by molar-refractivity contribution is -0.135. The lowest BCUT2D eigenvalue weighted by Gasteiger charge is -2.34. The Morgan fingerprint density at radius 2 is 1.82 bits per heavy atom. The lowest BCUT2D eigenvalue weighted by atomic mass is 10.1. The zero-order valence-corrected chi connectivity index (χ0v) is 16.2. The zero-order valence-electron chi connectivity index (χ0n) is 16.2. The van der Waals surface area contributed by atoms with E-state index in [0.717, 1.165) is 56.4 Å². The van der Waals surface area contributed by atoms with Crippen molar-refractivity contribution in [1.82, 2.24) is 9.80 Å². The van der Waals surface area contributed by atoms with Gasteiger partial charge < -0.3 is 19.1 Å². The van der Waals surface area contributed by atoms with E-state index >= 15 is 0 Å². The molecule has 0 aromatic heterocycles. The molecule has 0 bridgehead atoms. The topological polar surface area (TPSA) is 51.2 Å². The highest BCUT2D eigenvalue weighted by molar-refractivity contribution is 5.77. The second-order valence-electron chi connectivity index (χ2n) is 7.13. The third-order valence-electron chi connectivity index (χ3n) is 5.24. The van der Waals surface area contributed by atoms with Gasteiger partial charge in [-0.2, -0.15) is 0 Å². The van der Waals surface area contributed by atoms with Crippen molar-refractivity contribution in [3.63, 3.8) is 0 Å². The summed E-state index contributed by atoms with van der Waals surface area (Å²) < 4.78 is 16.5. The van der Waals surface area contributed by atoms with Gasteiger partial charge in [0.25, 0.3) is 5.91 Å². The van der Waals surface area contributed by atoms with Gasteiger partial charge in [-0.05, 0) is 41.8 Å². The van der Waals surface area contributed by atoms with Crippen molar-refractivity contribution in [2.24, 2.45) is 0 Å². The number of carbonyl (C=O) groups is 1. The van der Waals surface area contributed by atoms with Crippen LogP contribution in [0.5, 0.6) is 17.2 Å². The van der Waals surface area contributed by atoms with Crippen LogP contribution in [-0.4, -0.2) is 55.3 Å². The Balaban J connectivity index is 1.23. The number of benzene rings is 2. The van der Waals surface area contributed by atoms with Gasteiger partial charge in [0.2, 0.25) is 6.79 Å². The number of ether oxygens (including phenoxy) is 3. The number of fused-ring (bicyclic) bond motifs is 1. The first kappa shape index (κ1) is 18.6. The number of amides is 1. The molecule has 1 saturated heterocycles. The van der Waals surface area contributed by atoms with Crippen LogP contribution in [0.3, 0.4) is 0 Å². The van der Waals surface area contributed by atoms with E-state index in [1.165, 1.54) is 11.1 Å². The Labute approximate surface area is 165 Å². The molecular formula is C22H26N2O4. The summed E-state index contributed by atoms with van der Waals surface area (Å²) in [6, 6.07) is 14.0. The molecule has 2 aliphatic rings. The Morgan fingerprint density at radius 1 is 1.00 bits per heavy atom. The van der Waals surface area contributed by atoms with Crippen LogP contribution in [0.4, 0.5) is 0 Å². The molecule has 28 heavy (non-hydrogen) atoms. The second kappa shape index (κ2) is 8.52.